The van der Waals surface area contributed by atoms with Gasteiger partial charge in [0.25, 0.3) is 5.91 Å². The molecule has 2 aromatic rings. The lowest BCUT2D eigenvalue weighted by molar-refractivity contribution is 0.102. The van der Waals surface area contributed by atoms with Crippen LogP contribution in [-0.2, 0) is 0 Å². The second kappa shape index (κ2) is 7.84. The number of hydrogen-bond acceptors (Lipinski definition) is 6. The summed E-state index contributed by atoms with van der Waals surface area (Å²) in [5.74, 6) is 0.455. The summed E-state index contributed by atoms with van der Waals surface area (Å²) in [6.45, 7) is 0. The summed E-state index contributed by atoms with van der Waals surface area (Å²) in [5.41, 5.74) is 0.275. The van der Waals surface area contributed by atoms with Gasteiger partial charge in [-0.25, -0.2) is 15.0 Å². The van der Waals surface area contributed by atoms with Gasteiger partial charge in [-0.3, -0.25) is 4.79 Å². The van der Waals surface area contributed by atoms with E-state index in [1.54, 1.807) is 0 Å². The number of pyridine rings is 1. The van der Waals surface area contributed by atoms with Crippen LogP contribution in [0.5, 0.6) is 11.5 Å². The zero-order valence-corrected chi connectivity index (χ0v) is 15.0. The van der Waals surface area contributed by atoms with Crippen LogP contribution in [0.1, 0.15) is 36.2 Å². The van der Waals surface area contributed by atoms with Crippen LogP contribution in [0.25, 0.3) is 0 Å². The Bertz CT molecular complexity index is 762. The average Bonchev–Trinajstić information content (AvgIpc) is 3.11. The summed E-state index contributed by atoms with van der Waals surface area (Å²) >= 11 is 11.9. The van der Waals surface area contributed by atoms with Gasteiger partial charge in [-0.2, -0.15) is 0 Å². The SMILES string of the molecule is COc1cnc(C(=O)Nc2c(Cl)ncnc2Cl)cc1OC1CCCC1. The van der Waals surface area contributed by atoms with Crippen molar-refractivity contribution >= 4 is 34.8 Å². The molecule has 0 bridgehead atoms. The summed E-state index contributed by atoms with van der Waals surface area (Å²) in [6, 6.07) is 1.54. The van der Waals surface area contributed by atoms with Crippen molar-refractivity contribution in [3.8, 4) is 11.5 Å². The molecule has 0 radical (unpaired) electrons. The molecule has 2 aromatic heterocycles. The lowest BCUT2D eigenvalue weighted by Gasteiger charge is -2.16. The van der Waals surface area contributed by atoms with Crippen molar-refractivity contribution < 1.29 is 14.3 Å². The Labute approximate surface area is 154 Å². The number of nitrogens with one attached hydrogen (secondary N) is 1. The van der Waals surface area contributed by atoms with Gasteiger partial charge in [0.05, 0.1) is 19.4 Å². The summed E-state index contributed by atoms with van der Waals surface area (Å²) in [7, 11) is 1.53. The minimum absolute atomic E-state index is 0.0456. The first-order valence-electron chi connectivity index (χ1n) is 7.76. The standard InChI is InChI=1S/C16H16Cl2N4O3/c1-24-12-7-19-10(6-11(12)25-9-4-2-3-5-9)16(23)22-13-14(17)20-8-21-15(13)18/h6-9H,2-5H2,1H3,(H,22,23). The van der Waals surface area contributed by atoms with Crippen LogP contribution in [0.4, 0.5) is 5.69 Å². The van der Waals surface area contributed by atoms with Crippen molar-refractivity contribution in [2.45, 2.75) is 31.8 Å². The fourth-order valence-electron chi connectivity index (χ4n) is 2.60. The molecule has 0 atom stereocenters. The van der Waals surface area contributed by atoms with Crippen molar-refractivity contribution in [2.24, 2.45) is 0 Å². The van der Waals surface area contributed by atoms with E-state index in [1.165, 1.54) is 25.7 Å². The normalized spacial score (nSPS) is 14.4. The van der Waals surface area contributed by atoms with Crippen LogP contribution < -0.4 is 14.8 Å². The largest absolute Gasteiger partial charge is 0.491 e. The number of carbonyl (C=O) groups excluding carboxylic acids is 1. The maximum Gasteiger partial charge on any atom is 0.274 e. The third-order valence-electron chi connectivity index (χ3n) is 3.87. The highest BCUT2D eigenvalue weighted by molar-refractivity contribution is 6.38. The Morgan fingerprint density at radius 1 is 1.16 bits per heavy atom. The van der Waals surface area contributed by atoms with Gasteiger partial charge in [-0.1, -0.05) is 23.2 Å². The fraction of sp³-hybridized carbons (Fsp3) is 0.375. The molecule has 132 valence electrons. The number of aromatic nitrogens is 3. The van der Waals surface area contributed by atoms with E-state index in [1.807, 2.05) is 0 Å². The quantitative estimate of drug-likeness (QED) is 0.792. The van der Waals surface area contributed by atoms with E-state index in [2.05, 4.69) is 20.3 Å². The van der Waals surface area contributed by atoms with Crippen LogP contribution >= 0.6 is 23.2 Å². The first kappa shape index (κ1) is 17.7. The number of halogens is 2. The van der Waals surface area contributed by atoms with Crippen molar-refractivity contribution in [1.29, 1.82) is 0 Å². The zero-order chi connectivity index (χ0) is 17.8. The van der Waals surface area contributed by atoms with Gasteiger partial charge >= 0.3 is 0 Å². The van der Waals surface area contributed by atoms with Gasteiger partial charge in [-0.15, -0.1) is 0 Å². The van der Waals surface area contributed by atoms with Gasteiger partial charge in [0, 0.05) is 6.07 Å². The molecule has 0 unspecified atom stereocenters. The second-order valence-electron chi connectivity index (χ2n) is 5.53. The third kappa shape index (κ3) is 4.11. The van der Waals surface area contributed by atoms with Crippen molar-refractivity contribution in [3.05, 3.63) is 34.6 Å². The molecule has 1 aliphatic rings. The zero-order valence-electron chi connectivity index (χ0n) is 13.5. The number of hydrogen-bond donors (Lipinski definition) is 1. The van der Waals surface area contributed by atoms with Crippen LogP contribution in [0.3, 0.4) is 0 Å². The molecule has 3 rings (SSSR count). The number of nitrogens with zero attached hydrogens (tertiary/aromatic N) is 3. The van der Waals surface area contributed by atoms with Gasteiger partial charge < -0.3 is 14.8 Å². The van der Waals surface area contributed by atoms with Crippen molar-refractivity contribution in [1.82, 2.24) is 15.0 Å². The molecule has 0 aliphatic heterocycles. The molecule has 0 spiro atoms. The van der Waals surface area contributed by atoms with Gasteiger partial charge in [-0.05, 0) is 25.7 Å². The van der Waals surface area contributed by atoms with Gasteiger partial charge in [0.1, 0.15) is 17.7 Å². The number of anilines is 1. The van der Waals surface area contributed by atoms with E-state index in [0.717, 1.165) is 25.7 Å². The topological polar surface area (TPSA) is 86.2 Å². The molecule has 1 N–H and O–H groups in total. The van der Waals surface area contributed by atoms with Crippen molar-refractivity contribution in [2.75, 3.05) is 12.4 Å². The number of methoxy groups -OCH3 is 1. The number of carbonyl (C=O) groups is 1. The molecule has 9 heteroatoms. The number of ether oxygens (including phenoxy) is 2. The average molecular weight is 383 g/mol. The first-order valence-corrected chi connectivity index (χ1v) is 8.52. The maximum absolute atomic E-state index is 12.5. The molecule has 1 saturated carbocycles. The Morgan fingerprint density at radius 3 is 2.48 bits per heavy atom. The fourth-order valence-corrected chi connectivity index (χ4v) is 3.01. The van der Waals surface area contributed by atoms with Crippen LogP contribution in [0, 0.1) is 0 Å². The Balaban J connectivity index is 1.82. The molecular formula is C16H16Cl2N4O3. The van der Waals surface area contributed by atoms with Crippen molar-refractivity contribution in [3.63, 3.8) is 0 Å². The number of rotatable bonds is 5. The van der Waals surface area contributed by atoms with E-state index in [0.29, 0.717) is 11.5 Å². The highest BCUT2D eigenvalue weighted by atomic mass is 35.5. The summed E-state index contributed by atoms with van der Waals surface area (Å²) < 4.78 is 11.2. The summed E-state index contributed by atoms with van der Waals surface area (Å²) in [6.07, 6.45) is 7.02. The molecule has 1 amide bonds. The molecule has 1 fully saturated rings. The third-order valence-corrected chi connectivity index (χ3v) is 4.45. The molecular weight excluding hydrogens is 367 g/mol. The minimum Gasteiger partial charge on any atom is -0.491 e. The lowest BCUT2D eigenvalue weighted by atomic mass is 10.2. The molecule has 7 nitrogen and oxygen atoms in total. The predicted molar refractivity (Wildman–Crippen MR) is 93.7 cm³/mol. The van der Waals surface area contributed by atoms with Crippen LogP contribution in [0.15, 0.2) is 18.6 Å². The highest BCUT2D eigenvalue weighted by Crippen LogP contribution is 2.32. The predicted octanol–water partition coefficient (Wildman–Crippen LogP) is 3.76. The van der Waals surface area contributed by atoms with Crippen LogP contribution in [-0.4, -0.2) is 34.1 Å². The smallest absolute Gasteiger partial charge is 0.274 e. The molecule has 1 aliphatic carbocycles. The van der Waals surface area contributed by atoms with E-state index in [4.69, 9.17) is 32.7 Å². The second-order valence-corrected chi connectivity index (χ2v) is 6.25. The Morgan fingerprint density at radius 2 is 1.84 bits per heavy atom. The molecule has 0 saturated heterocycles. The van der Waals surface area contributed by atoms with E-state index < -0.39 is 5.91 Å². The van der Waals surface area contributed by atoms with E-state index >= 15 is 0 Å². The lowest BCUT2D eigenvalue weighted by Crippen LogP contribution is -2.17. The highest BCUT2D eigenvalue weighted by Gasteiger charge is 2.21. The van der Waals surface area contributed by atoms with E-state index in [-0.39, 0.29) is 27.8 Å². The summed E-state index contributed by atoms with van der Waals surface area (Å²) in [5, 5.41) is 2.66. The Hall–Kier alpha value is -2.12. The monoisotopic (exact) mass is 382 g/mol. The molecule has 2 heterocycles. The van der Waals surface area contributed by atoms with Gasteiger partial charge in [0.2, 0.25) is 0 Å². The molecule has 25 heavy (non-hydrogen) atoms. The minimum atomic E-state index is -0.502. The maximum atomic E-state index is 12.5. The first-order chi connectivity index (χ1) is 12.1. The summed E-state index contributed by atoms with van der Waals surface area (Å²) in [4.78, 5) is 24.1. The van der Waals surface area contributed by atoms with Gasteiger partial charge in [0.15, 0.2) is 21.8 Å². The number of amides is 1. The van der Waals surface area contributed by atoms with Crippen LogP contribution in [0.2, 0.25) is 10.3 Å². The molecule has 0 aromatic carbocycles. The Kier molecular flexibility index (Phi) is 5.55. The van der Waals surface area contributed by atoms with E-state index in [9.17, 15) is 4.79 Å².